The molecule has 2 aliphatic carbocycles. The number of aliphatic hydroxyl groups excluding tert-OH is 1. The third kappa shape index (κ3) is 4.54. The molecule has 0 spiro atoms. The number of thiazole rings is 1. The predicted molar refractivity (Wildman–Crippen MR) is 134 cm³/mol. The monoisotopic (exact) mass is 465 g/mol. The van der Waals surface area contributed by atoms with E-state index in [4.69, 9.17) is 11.4 Å². The number of hydrogen-bond acceptors (Lipinski definition) is 5. The second-order valence-electron chi connectivity index (χ2n) is 10.2. The summed E-state index contributed by atoms with van der Waals surface area (Å²) < 4.78 is 0. The first-order chi connectivity index (χ1) is 15.7. The van der Waals surface area contributed by atoms with Crippen LogP contribution in [-0.2, 0) is 17.8 Å². The summed E-state index contributed by atoms with van der Waals surface area (Å²) in [6.45, 7) is 7.50. The summed E-state index contributed by atoms with van der Waals surface area (Å²) in [6, 6.07) is 10.3. The third-order valence-corrected chi connectivity index (χ3v) is 8.97. The minimum Gasteiger partial charge on any atom is -0.392 e. The Bertz CT molecular complexity index is 1030. The number of hydrogen-bond donors (Lipinski definition) is 2. The number of nitrogens with one attached hydrogen (secondary N) is 1. The second-order valence-corrected chi connectivity index (χ2v) is 11.3. The van der Waals surface area contributed by atoms with Crippen LogP contribution in [0.3, 0.4) is 0 Å². The average Bonchev–Trinajstić information content (AvgIpc) is 3.20. The van der Waals surface area contributed by atoms with Crippen LogP contribution in [0.25, 0.3) is 0 Å². The molecule has 1 saturated carbocycles. The van der Waals surface area contributed by atoms with Gasteiger partial charge < -0.3 is 15.3 Å². The normalized spacial score (nSPS) is 29.3. The summed E-state index contributed by atoms with van der Waals surface area (Å²) in [7, 11) is 1.74. The largest absolute Gasteiger partial charge is 0.392 e. The van der Waals surface area contributed by atoms with E-state index < -0.39 is 6.10 Å². The number of carbonyl (C=O) groups excluding carboxylic acids is 1. The van der Waals surface area contributed by atoms with E-state index in [1.807, 2.05) is 25.1 Å². The van der Waals surface area contributed by atoms with Crippen LogP contribution < -0.4 is 5.32 Å². The summed E-state index contributed by atoms with van der Waals surface area (Å²) in [5, 5.41) is 16.0. The highest BCUT2D eigenvalue weighted by Gasteiger charge is 2.54. The molecule has 5 nitrogen and oxygen atoms in total. The molecule has 2 N–H and O–H groups in total. The van der Waals surface area contributed by atoms with E-state index in [9.17, 15) is 9.90 Å². The van der Waals surface area contributed by atoms with Crippen molar-refractivity contribution >= 4 is 22.4 Å². The fraction of sp³-hybridized carbons (Fsp3) is 0.556. The number of terminal acetylenes is 1. The van der Waals surface area contributed by atoms with Crippen LogP contribution in [0.15, 0.2) is 30.3 Å². The zero-order valence-electron chi connectivity index (χ0n) is 20.0. The SMILES string of the molecule is C#CCN(C)C(=O)[C@@H](C)[C@@H]1CC[C@@]2(C)Cc3sc(NCc4ccccc4)nc3[C@@H](C)[C@@H]2[C@H]1O. The lowest BCUT2D eigenvalue weighted by Crippen LogP contribution is -2.53. The Kier molecular flexibility index (Phi) is 6.83. The summed E-state index contributed by atoms with van der Waals surface area (Å²) in [6.07, 6.45) is 7.65. The Morgan fingerprint density at radius 1 is 1.42 bits per heavy atom. The van der Waals surface area contributed by atoms with Gasteiger partial charge in [-0.15, -0.1) is 17.8 Å². The molecule has 6 heteroatoms. The van der Waals surface area contributed by atoms with Crippen LogP contribution in [0.2, 0.25) is 0 Å². The van der Waals surface area contributed by atoms with Crippen LogP contribution in [0.5, 0.6) is 0 Å². The van der Waals surface area contributed by atoms with Crippen molar-refractivity contribution in [2.45, 2.75) is 58.6 Å². The van der Waals surface area contributed by atoms with Crippen molar-refractivity contribution < 1.29 is 9.90 Å². The molecule has 1 heterocycles. The van der Waals surface area contributed by atoms with Gasteiger partial charge in [-0.25, -0.2) is 4.98 Å². The van der Waals surface area contributed by atoms with Gasteiger partial charge in [0.1, 0.15) is 0 Å². The quantitative estimate of drug-likeness (QED) is 0.615. The number of aromatic nitrogens is 1. The van der Waals surface area contributed by atoms with Gasteiger partial charge in [0.15, 0.2) is 5.13 Å². The van der Waals surface area contributed by atoms with E-state index in [2.05, 4.69) is 37.2 Å². The molecule has 1 aromatic heterocycles. The molecule has 33 heavy (non-hydrogen) atoms. The number of anilines is 1. The van der Waals surface area contributed by atoms with Crippen molar-refractivity contribution in [2.24, 2.45) is 23.2 Å². The molecule has 0 unspecified atom stereocenters. The average molecular weight is 466 g/mol. The van der Waals surface area contributed by atoms with Gasteiger partial charge in [-0.2, -0.15) is 0 Å². The lowest BCUT2D eigenvalue weighted by Gasteiger charge is -2.53. The van der Waals surface area contributed by atoms with E-state index in [0.29, 0.717) is 6.54 Å². The molecule has 1 aromatic carbocycles. The molecule has 4 rings (SSSR count). The first kappa shape index (κ1) is 23.8. The maximum absolute atomic E-state index is 12.9. The Hall–Kier alpha value is -2.36. The number of aliphatic hydroxyl groups is 1. The van der Waals surface area contributed by atoms with E-state index in [0.717, 1.165) is 36.6 Å². The summed E-state index contributed by atoms with van der Waals surface area (Å²) in [4.78, 5) is 20.8. The Balaban J connectivity index is 1.52. The minimum absolute atomic E-state index is 0.0129. The molecule has 1 amide bonds. The van der Waals surface area contributed by atoms with Crippen LogP contribution >= 0.6 is 11.3 Å². The first-order valence-electron chi connectivity index (χ1n) is 11.9. The highest BCUT2D eigenvalue weighted by Crippen LogP contribution is 2.57. The van der Waals surface area contributed by atoms with Gasteiger partial charge >= 0.3 is 0 Å². The van der Waals surface area contributed by atoms with Crippen molar-refractivity contribution in [2.75, 3.05) is 18.9 Å². The standard InChI is InChI=1S/C27H35N3O2S/c1-6-14-30(5)25(32)17(2)20-12-13-27(4)15-21-23(18(3)22(27)24(20)31)29-26(33-21)28-16-19-10-8-7-9-11-19/h1,7-11,17-18,20,22,24,31H,12-16H2,2-5H3,(H,28,29)/t17-,18-,20-,22+,24-,27-/m0/s1. The summed E-state index contributed by atoms with van der Waals surface area (Å²) in [5.41, 5.74) is 2.35. The topological polar surface area (TPSA) is 65.5 Å². The molecule has 0 aliphatic heterocycles. The Morgan fingerprint density at radius 2 is 2.15 bits per heavy atom. The molecule has 0 bridgehead atoms. The van der Waals surface area contributed by atoms with Crippen molar-refractivity contribution in [3.8, 4) is 12.3 Å². The van der Waals surface area contributed by atoms with Gasteiger partial charge in [-0.05, 0) is 42.1 Å². The molecule has 2 aliphatic rings. The second kappa shape index (κ2) is 9.48. The third-order valence-electron chi connectivity index (χ3n) is 7.95. The first-order valence-corrected chi connectivity index (χ1v) is 12.7. The lowest BCUT2D eigenvalue weighted by molar-refractivity contribution is -0.142. The molecule has 0 radical (unpaired) electrons. The van der Waals surface area contributed by atoms with Gasteiger partial charge in [0.2, 0.25) is 5.91 Å². The van der Waals surface area contributed by atoms with Crippen molar-refractivity contribution in [1.29, 1.82) is 0 Å². The molecule has 6 atom stereocenters. The molecule has 176 valence electrons. The number of amides is 1. The van der Waals surface area contributed by atoms with E-state index in [1.165, 1.54) is 10.4 Å². The zero-order valence-corrected chi connectivity index (χ0v) is 20.9. The van der Waals surface area contributed by atoms with Gasteiger partial charge in [0, 0.05) is 30.3 Å². The predicted octanol–water partition coefficient (Wildman–Crippen LogP) is 4.54. The van der Waals surface area contributed by atoms with Crippen LogP contribution in [0.4, 0.5) is 5.13 Å². The highest BCUT2D eigenvalue weighted by atomic mass is 32.1. The van der Waals surface area contributed by atoms with Crippen LogP contribution in [-0.4, -0.2) is 40.6 Å². The fourth-order valence-corrected chi connectivity index (χ4v) is 7.40. The highest BCUT2D eigenvalue weighted by molar-refractivity contribution is 7.15. The number of carbonyl (C=O) groups is 1. The molecule has 1 fully saturated rings. The van der Waals surface area contributed by atoms with E-state index in [1.54, 1.807) is 23.3 Å². The van der Waals surface area contributed by atoms with Crippen LogP contribution in [0, 0.1) is 35.5 Å². The van der Waals surface area contributed by atoms with Gasteiger partial charge in [0.25, 0.3) is 0 Å². The van der Waals surface area contributed by atoms with Crippen molar-refractivity contribution in [3.63, 3.8) is 0 Å². The maximum atomic E-state index is 12.9. The zero-order chi connectivity index (χ0) is 23.8. The number of rotatable bonds is 6. The Morgan fingerprint density at radius 3 is 2.85 bits per heavy atom. The molecule has 0 saturated heterocycles. The van der Waals surface area contributed by atoms with E-state index >= 15 is 0 Å². The number of nitrogens with zero attached hydrogens (tertiary/aromatic N) is 2. The maximum Gasteiger partial charge on any atom is 0.226 e. The van der Waals surface area contributed by atoms with Crippen LogP contribution in [0.1, 0.15) is 55.7 Å². The smallest absolute Gasteiger partial charge is 0.226 e. The molecule has 2 aromatic rings. The molecular weight excluding hydrogens is 430 g/mol. The van der Waals surface area contributed by atoms with Crippen molar-refractivity contribution in [1.82, 2.24) is 9.88 Å². The number of benzene rings is 1. The number of fused-ring (bicyclic) bond motifs is 2. The minimum atomic E-state index is -0.535. The summed E-state index contributed by atoms with van der Waals surface area (Å²) in [5.74, 6) is 2.47. The van der Waals surface area contributed by atoms with E-state index in [-0.39, 0.29) is 35.0 Å². The summed E-state index contributed by atoms with van der Waals surface area (Å²) >= 11 is 1.75. The Labute approximate surface area is 201 Å². The van der Waals surface area contributed by atoms with Gasteiger partial charge in [-0.1, -0.05) is 57.0 Å². The van der Waals surface area contributed by atoms with Crippen molar-refractivity contribution in [3.05, 3.63) is 46.5 Å². The van der Waals surface area contributed by atoms with Gasteiger partial charge in [0.05, 0.1) is 18.3 Å². The molecular formula is C27H35N3O2S. The fourth-order valence-electron chi connectivity index (χ4n) is 6.14. The lowest BCUT2D eigenvalue weighted by atomic mass is 9.53. The van der Waals surface area contributed by atoms with Gasteiger partial charge in [-0.3, -0.25) is 4.79 Å².